The Morgan fingerprint density at radius 3 is 2.66 bits per heavy atom. The monoisotopic (exact) mass is 434 g/mol. The highest BCUT2D eigenvalue weighted by molar-refractivity contribution is 5.95. The maximum Gasteiger partial charge on any atom is 0.257 e. The fourth-order valence-corrected chi connectivity index (χ4v) is 4.09. The van der Waals surface area contributed by atoms with Gasteiger partial charge in [0.05, 0.1) is 29.8 Å². The number of aryl methyl sites for hydroxylation is 2. The molecule has 4 rings (SSSR count). The van der Waals surface area contributed by atoms with Crippen molar-refractivity contribution in [3.05, 3.63) is 59.0 Å². The van der Waals surface area contributed by atoms with Gasteiger partial charge in [0.15, 0.2) is 0 Å². The van der Waals surface area contributed by atoms with Crippen molar-refractivity contribution in [2.45, 2.75) is 25.9 Å². The fraction of sp³-hybridized carbons (Fsp3) is 0.417. The third-order valence-corrected chi connectivity index (χ3v) is 5.80. The standard InChI is InChI=1S/C24H30N6O2/c1-28(2)12-7-13-29(3)23(31)20-15-26-30(21(20)16-32-4)24-25-14-18-11-10-17-8-5-6-9-19(17)22(18)27-24/h5-6,8-9,14-15H,7,10-13,16H2,1-4H3. The molecule has 0 radical (unpaired) electrons. The van der Waals surface area contributed by atoms with Crippen LogP contribution in [-0.2, 0) is 24.2 Å². The van der Waals surface area contributed by atoms with E-state index >= 15 is 0 Å². The van der Waals surface area contributed by atoms with E-state index in [9.17, 15) is 4.79 Å². The summed E-state index contributed by atoms with van der Waals surface area (Å²) in [5.74, 6) is 0.368. The number of fused-ring (bicyclic) bond motifs is 3. The van der Waals surface area contributed by atoms with Crippen molar-refractivity contribution in [2.24, 2.45) is 0 Å². The van der Waals surface area contributed by atoms with Crippen molar-refractivity contribution in [1.29, 1.82) is 0 Å². The minimum atomic E-state index is -0.0784. The lowest BCUT2D eigenvalue weighted by Crippen LogP contribution is -2.30. The molecule has 0 fully saturated rings. The number of carbonyl (C=O) groups is 1. The molecule has 0 atom stereocenters. The topological polar surface area (TPSA) is 76.4 Å². The molecule has 2 aromatic heterocycles. The van der Waals surface area contributed by atoms with Gasteiger partial charge in [0.2, 0.25) is 0 Å². The number of rotatable bonds is 8. The maximum atomic E-state index is 13.1. The van der Waals surface area contributed by atoms with E-state index in [4.69, 9.17) is 9.72 Å². The molecule has 0 aliphatic heterocycles. The molecular formula is C24H30N6O2. The quantitative estimate of drug-likeness (QED) is 0.542. The minimum Gasteiger partial charge on any atom is -0.378 e. The summed E-state index contributed by atoms with van der Waals surface area (Å²) < 4.78 is 7.03. The second kappa shape index (κ2) is 9.58. The van der Waals surface area contributed by atoms with E-state index < -0.39 is 0 Å². The normalized spacial score (nSPS) is 12.5. The lowest BCUT2D eigenvalue weighted by molar-refractivity contribution is 0.0785. The minimum absolute atomic E-state index is 0.0784. The first-order chi connectivity index (χ1) is 15.5. The average Bonchev–Trinajstić information content (AvgIpc) is 3.21. The molecule has 0 saturated heterocycles. The Kier molecular flexibility index (Phi) is 6.62. The van der Waals surface area contributed by atoms with Crippen molar-refractivity contribution < 1.29 is 9.53 Å². The third-order valence-electron chi connectivity index (χ3n) is 5.80. The number of methoxy groups -OCH3 is 1. The SMILES string of the molecule is COCc1c(C(=O)N(C)CCCN(C)C)cnn1-c1ncc2c(n1)-c1ccccc1CC2. The van der Waals surface area contributed by atoms with Crippen LogP contribution in [-0.4, -0.2) is 76.8 Å². The van der Waals surface area contributed by atoms with Crippen molar-refractivity contribution in [1.82, 2.24) is 29.5 Å². The van der Waals surface area contributed by atoms with Gasteiger partial charge in [0.25, 0.3) is 11.9 Å². The second-order valence-electron chi connectivity index (χ2n) is 8.43. The van der Waals surface area contributed by atoms with Gasteiger partial charge in [-0.15, -0.1) is 0 Å². The number of carbonyl (C=O) groups excluding carboxylic acids is 1. The van der Waals surface area contributed by atoms with E-state index in [1.807, 2.05) is 33.4 Å². The van der Waals surface area contributed by atoms with E-state index in [1.165, 1.54) is 5.56 Å². The molecule has 168 valence electrons. The van der Waals surface area contributed by atoms with Gasteiger partial charge in [0.1, 0.15) is 0 Å². The van der Waals surface area contributed by atoms with Crippen molar-refractivity contribution in [3.8, 4) is 17.2 Å². The summed E-state index contributed by atoms with van der Waals surface area (Å²) in [6, 6.07) is 8.33. The zero-order valence-corrected chi connectivity index (χ0v) is 19.2. The van der Waals surface area contributed by atoms with Gasteiger partial charge in [-0.2, -0.15) is 9.78 Å². The zero-order chi connectivity index (χ0) is 22.7. The van der Waals surface area contributed by atoms with Crippen molar-refractivity contribution >= 4 is 5.91 Å². The molecular weight excluding hydrogens is 404 g/mol. The molecule has 0 saturated carbocycles. The van der Waals surface area contributed by atoms with Gasteiger partial charge in [-0.05, 0) is 51.0 Å². The average molecular weight is 435 g/mol. The summed E-state index contributed by atoms with van der Waals surface area (Å²) in [5.41, 5.74) is 5.66. The molecule has 8 heteroatoms. The number of ether oxygens (including phenoxy) is 1. The predicted octanol–water partition coefficient (Wildman–Crippen LogP) is 2.60. The van der Waals surface area contributed by atoms with Gasteiger partial charge in [0, 0.05) is 32.5 Å². The summed E-state index contributed by atoms with van der Waals surface area (Å²) in [6.45, 7) is 1.83. The molecule has 1 aliphatic carbocycles. The van der Waals surface area contributed by atoms with Gasteiger partial charge in [-0.3, -0.25) is 4.79 Å². The van der Waals surface area contributed by atoms with Crippen LogP contribution in [0.1, 0.15) is 33.6 Å². The first kappa shape index (κ1) is 22.1. The van der Waals surface area contributed by atoms with Gasteiger partial charge < -0.3 is 14.5 Å². The van der Waals surface area contributed by atoms with E-state index in [-0.39, 0.29) is 12.5 Å². The number of amides is 1. The maximum absolute atomic E-state index is 13.1. The Labute approximate surface area is 188 Å². The van der Waals surface area contributed by atoms with Gasteiger partial charge >= 0.3 is 0 Å². The molecule has 0 bridgehead atoms. The molecule has 2 heterocycles. The highest BCUT2D eigenvalue weighted by Gasteiger charge is 2.24. The molecule has 0 spiro atoms. The summed E-state index contributed by atoms with van der Waals surface area (Å²) in [5, 5.41) is 4.48. The predicted molar refractivity (Wildman–Crippen MR) is 123 cm³/mol. The Hall–Kier alpha value is -3.10. The van der Waals surface area contributed by atoms with Crippen LogP contribution in [0.25, 0.3) is 17.2 Å². The van der Waals surface area contributed by atoms with E-state index in [0.717, 1.165) is 42.6 Å². The van der Waals surface area contributed by atoms with Crippen LogP contribution in [0, 0.1) is 0 Å². The van der Waals surface area contributed by atoms with Gasteiger partial charge in [-0.25, -0.2) is 9.97 Å². The molecule has 0 unspecified atom stereocenters. The lowest BCUT2D eigenvalue weighted by atomic mass is 9.90. The second-order valence-corrected chi connectivity index (χ2v) is 8.43. The van der Waals surface area contributed by atoms with Crippen LogP contribution < -0.4 is 0 Å². The van der Waals surface area contributed by atoms with Crippen LogP contribution in [0.5, 0.6) is 0 Å². The van der Waals surface area contributed by atoms with Crippen molar-refractivity contribution in [2.75, 3.05) is 41.3 Å². The van der Waals surface area contributed by atoms with Crippen molar-refractivity contribution in [3.63, 3.8) is 0 Å². The number of aromatic nitrogens is 4. The van der Waals surface area contributed by atoms with Crippen LogP contribution >= 0.6 is 0 Å². The number of hydrogen-bond donors (Lipinski definition) is 0. The lowest BCUT2D eigenvalue weighted by Gasteiger charge is -2.20. The first-order valence-electron chi connectivity index (χ1n) is 10.9. The number of nitrogens with zero attached hydrogens (tertiary/aromatic N) is 6. The summed E-state index contributed by atoms with van der Waals surface area (Å²) in [4.78, 5) is 26.4. The summed E-state index contributed by atoms with van der Waals surface area (Å²) >= 11 is 0. The van der Waals surface area contributed by atoms with Crippen LogP contribution in [0.15, 0.2) is 36.7 Å². The van der Waals surface area contributed by atoms with Crippen LogP contribution in [0.4, 0.5) is 0 Å². The highest BCUT2D eigenvalue weighted by Crippen LogP contribution is 2.32. The van der Waals surface area contributed by atoms with Crippen LogP contribution in [0.3, 0.4) is 0 Å². The summed E-state index contributed by atoms with van der Waals surface area (Å²) in [6.07, 6.45) is 6.27. The zero-order valence-electron chi connectivity index (χ0n) is 19.2. The fourth-order valence-electron chi connectivity index (χ4n) is 4.09. The first-order valence-corrected chi connectivity index (χ1v) is 10.9. The number of hydrogen-bond acceptors (Lipinski definition) is 6. The smallest absolute Gasteiger partial charge is 0.257 e. The third kappa shape index (κ3) is 4.42. The Morgan fingerprint density at radius 2 is 1.88 bits per heavy atom. The molecule has 1 amide bonds. The Morgan fingerprint density at radius 1 is 1.09 bits per heavy atom. The Balaban J connectivity index is 1.66. The molecule has 8 nitrogen and oxygen atoms in total. The molecule has 0 N–H and O–H groups in total. The van der Waals surface area contributed by atoms with E-state index in [0.29, 0.717) is 23.8 Å². The van der Waals surface area contributed by atoms with Gasteiger partial charge in [-0.1, -0.05) is 24.3 Å². The van der Waals surface area contributed by atoms with E-state index in [2.05, 4.69) is 33.2 Å². The van der Waals surface area contributed by atoms with E-state index in [1.54, 1.807) is 22.9 Å². The Bertz CT molecular complexity index is 1110. The molecule has 32 heavy (non-hydrogen) atoms. The number of benzene rings is 1. The largest absolute Gasteiger partial charge is 0.378 e. The highest BCUT2D eigenvalue weighted by atomic mass is 16.5. The molecule has 1 aromatic carbocycles. The molecule has 1 aliphatic rings. The van der Waals surface area contributed by atoms with Crippen LogP contribution in [0.2, 0.25) is 0 Å². The summed E-state index contributed by atoms with van der Waals surface area (Å²) in [7, 11) is 7.48. The molecule has 3 aromatic rings.